The molecule has 2 N–H and O–H groups in total. The van der Waals surface area contributed by atoms with Crippen molar-refractivity contribution < 1.29 is 9.53 Å². The Bertz CT molecular complexity index is 1170. The lowest BCUT2D eigenvalue weighted by molar-refractivity contribution is -0.115. The zero-order valence-electron chi connectivity index (χ0n) is 17.5. The van der Waals surface area contributed by atoms with E-state index in [4.69, 9.17) is 4.74 Å². The minimum atomic E-state index is -0.0632. The van der Waals surface area contributed by atoms with Gasteiger partial charge in [0, 0.05) is 29.1 Å². The van der Waals surface area contributed by atoms with E-state index in [1.807, 2.05) is 49.4 Å². The molecule has 0 aliphatic carbocycles. The zero-order chi connectivity index (χ0) is 21.6. The highest BCUT2D eigenvalue weighted by molar-refractivity contribution is 7.19. The maximum Gasteiger partial charge on any atom is 0.226 e. The molecule has 0 aliphatic heterocycles. The first-order valence-electron chi connectivity index (χ1n) is 10.2. The first kappa shape index (κ1) is 20.8. The van der Waals surface area contributed by atoms with Crippen molar-refractivity contribution in [3.8, 4) is 16.9 Å². The molecule has 0 aliphatic rings. The fraction of sp³-hybridized carbons (Fsp3) is 0.208. The van der Waals surface area contributed by atoms with Gasteiger partial charge in [0.25, 0.3) is 0 Å². The SMILES string of the molecule is CCOc1ccc(NC(=O)CCNc2ncnc3sc(C)c(-c4ccccc4)c23)cc1. The fourth-order valence-corrected chi connectivity index (χ4v) is 4.46. The van der Waals surface area contributed by atoms with Crippen molar-refractivity contribution in [1.29, 1.82) is 0 Å². The van der Waals surface area contributed by atoms with E-state index in [-0.39, 0.29) is 5.91 Å². The van der Waals surface area contributed by atoms with Gasteiger partial charge in [-0.1, -0.05) is 30.3 Å². The maximum atomic E-state index is 12.4. The van der Waals surface area contributed by atoms with Crippen LogP contribution in [0.1, 0.15) is 18.2 Å². The largest absolute Gasteiger partial charge is 0.494 e. The van der Waals surface area contributed by atoms with Gasteiger partial charge in [0.1, 0.15) is 22.7 Å². The standard InChI is InChI=1S/C24H24N4O2S/c1-3-30-19-11-9-18(10-12-19)28-20(29)13-14-25-23-22-21(17-7-5-4-6-8-17)16(2)31-24(22)27-15-26-23/h4-12,15H,3,13-14H2,1-2H3,(H,28,29)(H,25,26,27). The highest BCUT2D eigenvalue weighted by atomic mass is 32.1. The van der Waals surface area contributed by atoms with E-state index in [0.717, 1.165) is 38.6 Å². The number of benzene rings is 2. The third kappa shape index (κ3) is 4.83. The number of carbonyl (C=O) groups excluding carboxylic acids is 1. The van der Waals surface area contributed by atoms with Crippen LogP contribution < -0.4 is 15.4 Å². The second kappa shape index (κ2) is 9.57. The Morgan fingerprint density at radius 2 is 1.84 bits per heavy atom. The number of anilines is 2. The van der Waals surface area contributed by atoms with Crippen LogP contribution in [0.2, 0.25) is 0 Å². The van der Waals surface area contributed by atoms with Crippen LogP contribution in [-0.4, -0.2) is 29.0 Å². The second-order valence-corrected chi connectivity index (χ2v) is 8.19. The number of amides is 1. The van der Waals surface area contributed by atoms with Gasteiger partial charge in [0.2, 0.25) is 5.91 Å². The molecule has 2 aromatic heterocycles. The average molecular weight is 433 g/mol. The molecule has 4 aromatic rings. The number of fused-ring (bicyclic) bond motifs is 1. The molecule has 1 amide bonds. The van der Waals surface area contributed by atoms with Crippen LogP contribution in [0.25, 0.3) is 21.3 Å². The molecule has 0 spiro atoms. The summed E-state index contributed by atoms with van der Waals surface area (Å²) in [5.74, 6) is 1.48. The van der Waals surface area contributed by atoms with Gasteiger partial charge in [-0.25, -0.2) is 9.97 Å². The van der Waals surface area contributed by atoms with E-state index >= 15 is 0 Å². The maximum absolute atomic E-state index is 12.4. The van der Waals surface area contributed by atoms with Crippen molar-refractivity contribution in [1.82, 2.24) is 9.97 Å². The number of hydrogen-bond donors (Lipinski definition) is 2. The highest BCUT2D eigenvalue weighted by Gasteiger charge is 2.16. The van der Waals surface area contributed by atoms with Crippen LogP contribution in [0, 0.1) is 6.92 Å². The summed E-state index contributed by atoms with van der Waals surface area (Å²) in [6, 6.07) is 17.6. The molecule has 2 heterocycles. The van der Waals surface area contributed by atoms with E-state index in [1.54, 1.807) is 17.7 Å². The fourth-order valence-electron chi connectivity index (χ4n) is 3.45. The molecule has 0 saturated carbocycles. The molecule has 0 bridgehead atoms. The predicted octanol–water partition coefficient (Wildman–Crippen LogP) is 5.51. The number of rotatable bonds is 8. The van der Waals surface area contributed by atoms with E-state index in [9.17, 15) is 4.79 Å². The second-order valence-electron chi connectivity index (χ2n) is 6.98. The molecule has 0 fully saturated rings. The smallest absolute Gasteiger partial charge is 0.226 e. The molecule has 31 heavy (non-hydrogen) atoms. The normalized spacial score (nSPS) is 10.8. The van der Waals surface area contributed by atoms with E-state index in [1.165, 1.54) is 4.88 Å². The van der Waals surface area contributed by atoms with Crippen molar-refractivity contribution in [3.05, 3.63) is 65.8 Å². The number of aryl methyl sites for hydroxylation is 1. The number of aromatic nitrogens is 2. The number of nitrogens with one attached hydrogen (secondary N) is 2. The van der Waals surface area contributed by atoms with Crippen molar-refractivity contribution in [2.45, 2.75) is 20.3 Å². The first-order chi connectivity index (χ1) is 15.2. The van der Waals surface area contributed by atoms with Crippen molar-refractivity contribution in [2.75, 3.05) is 23.8 Å². The molecule has 0 unspecified atom stereocenters. The Morgan fingerprint density at radius 1 is 1.06 bits per heavy atom. The van der Waals surface area contributed by atoms with Crippen molar-refractivity contribution in [3.63, 3.8) is 0 Å². The average Bonchev–Trinajstić information content (AvgIpc) is 3.12. The van der Waals surface area contributed by atoms with E-state index in [0.29, 0.717) is 19.6 Å². The Morgan fingerprint density at radius 3 is 2.58 bits per heavy atom. The Balaban J connectivity index is 1.44. The van der Waals surface area contributed by atoms with Gasteiger partial charge < -0.3 is 15.4 Å². The lowest BCUT2D eigenvalue weighted by Gasteiger charge is -2.10. The summed E-state index contributed by atoms with van der Waals surface area (Å²) < 4.78 is 5.42. The quantitative estimate of drug-likeness (QED) is 0.384. The summed E-state index contributed by atoms with van der Waals surface area (Å²) in [6.07, 6.45) is 1.89. The van der Waals surface area contributed by atoms with Crippen LogP contribution in [0.3, 0.4) is 0 Å². The van der Waals surface area contributed by atoms with Gasteiger partial charge in [0.15, 0.2) is 0 Å². The van der Waals surface area contributed by atoms with Crippen LogP contribution in [0.5, 0.6) is 5.75 Å². The Hall–Kier alpha value is -3.45. The number of hydrogen-bond acceptors (Lipinski definition) is 6. The third-order valence-electron chi connectivity index (χ3n) is 4.82. The first-order valence-corrected chi connectivity index (χ1v) is 11.0. The molecular weight excluding hydrogens is 408 g/mol. The number of thiophene rings is 1. The summed E-state index contributed by atoms with van der Waals surface area (Å²) >= 11 is 1.65. The molecule has 7 heteroatoms. The van der Waals surface area contributed by atoms with Gasteiger partial charge in [-0.2, -0.15) is 0 Å². The minimum Gasteiger partial charge on any atom is -0.494 e. The highest BCUT2D eigenvalue weighted by Crippen LogP contribution is 2.40. The van der Waals surface area contributed by atoms with Gasteiger partial charge in [-0.15, -0.1) is 11.3 Å². The summed E-state index contributed by atoms with van der Waals surface area (Å²) in [4.78, 5) is 23.4. The number of ether oxygens (including phenoxy) is 1. The topological polar surface area (TPSA) is 76.1 Å². The van der Waals surface area contributed by atoms with Gasteiger partial charge in [0.05, 0.1) is 12.0 Å². The lowest BCUT2D eigenvalue weighted by Crippen LogP contribution is -2.16. The monoisotopic (exact) mass is 432 g/mol. The van der Waals surface area contributed by atoms with E-state index in [2.05, 4.69) is 39.7 Å². The Labute approximate surface area is 185 Å². The van der Waals surface area contributed by atoms with Crippen LogP contribution >= 0.6 is 11.3 Å². The summed E-state index contributed by atoms with van der Waals surface area (Å²) in [7, 11) is 0. The molecule has 2 aromatic carbocycles. The molecule has 0 atom stereocenters. The number of carbonyl (C=O) groups is 1. The van der Waals surface area contributed by atoms with Crippen LogP contribution in [0.15, 0.2) is 60.9 Å². The molecule has 0 saturated heterocycles. The molecule has 6 nitrogen and oxygen atoms in total. The number of nitrogens with zero attached hydrogens (tertiary/aromatic N) is 2. The molecular formula is C24H24N4O2S. The van der Waals surface area contributed by atoms with E-state index < -0.39 is 0 Å². The predicted molar refractivity (Wildman–Crippen MR) is 127 cm³/mol. The lowest BCUT2D eigenvalue weighted by atomic mass is 10.0. The van der Waals surface area contributed by atoms with Gasteiger partial charge in [-0.3, -0.25) is 4.79 Å². The van der Waals surface area contributed by atoms with Crippen molar-refractivity contribution >= 4 is 39.0 Å². The molecule has 158 valence electrons. The van der Waals surface area contributed by atoms with Gasteiger partial charge in [-0.05, 0) is 43.7 Å². The molecule has 4 rings (SSSR count). The summed E-state index contributed by atoms with van der Waals surface area (Å²) in [5.41, 5.74) is 3.03. The molecule has 0 radical (unpaired) electrons. The van der Waals surface area contributed by atoms with Crippen molar-refractivity contribution in [2.24, 2.45) is 0 Å². The van der Waals surface area contributed by atoms with Crippen LogP contribution in [-0.2, 0) is 4.79 Å². The van der Waals surface area contributed by atoms with Crippen LogP contribution in [0.4, 0.5) is 11.5 Å². The third-order valence-corrected chi connectivity index (χ3v) is 5.83. The minimum absolute atomic E-state index is 0.0632. The summed E-state index contributed by atoms with van der Waals surface area (Å²) in [6.45, 7) is 5.12. The Kier molecular flexibility index (Phi) is 6.43. The van der Waals surface area contributed by atoms with Gasteiger partial charge >= 0.3 is 0 Å². The summed E-state index contributed by atoms with van der Waals surface area (Å²) in [5, 5.41) is 7.24. The zero-order valence-corrected chi connectivity index (χ0v) is 18.3.